The van der Waals surface area contributed by atoms with Gasteiger partial charge in [-0.1, -0.05) is 6.92 Å². The first-order valence-electron chi connectivity index (χ1n) is 7.45. The van der Waals surface area contributed by atoms with E-state index in [4.69, 9.17) is 9.84 Å². The van der Waals surface area contributed by atoms with Crippen LogP contribution in [0.3, 0.4) is 0 Å². The molecule has 2 aliphatic rings. The minimum absolute atomic E-state index is 0.0169. The number of carbonyl (C=O) groups excluding carboxylic acids is 1. The number of aliphatic carboxylic acids is 1. The Kier molecular flexibility index (Phi) is 4.86. The molecular formula is C14H24N2O4. The molecule has 1 saturated carbocycles. The lowest BCUT2D eigenvalue weighted by Crippen LogP contribution is -2.58. The normalized spacial score (nSPS) is 22.1. The Bertz CT molecular complexity index is 355. The van der Waals surface area contributed by atoms with Gasteiger partial charge in [-0.3, -0.25) is 0 Å². The van der Waals surface area contributed by atoms with Crippen molar-refractivity contribution in [1.29, 1.82) is 0 Å². The summed E-state index contributed by atoms with van der Waals surface area (Å²) >= 11 is 0. The summed E-state index contributed by atoms with van der Waals surface area (Å²) in [5.74, 6) is -0.944. The summed E-state index contributed by atoms with van der Waals surface area (Å²) in [7, 11) is 0. The van der Waals surface area contributed by atoms with E-state index in [1.807, 2.05) is 4.90 Å². The molecule has 1 heterocycles. The first kappa shape index (κ1) is 15.1. The Labute approximate surface area is 119 Å². The Morgan fingerprint density at radius 2 is 2.00 bits per heavy atom. The molecule has 6 nitrogen and oxygen atoms in total. The van der Waals surface area contributed by atoms with Crippen LogP contribution >= 0.6 is 0 Å². The van der Waals surface area contributed by atoms with E-state index in [-0.39, 0.29) is 24.3 Å². The molecule has 0 aromatic rings. The van der Waals surface area contributed by atoms with Crippen molar-refractivity contribution < 1.29 is 19.4 Å². The molecule has 0 bridgehead atoms. The average molecular weight is 284 g/mol. The molecule has 1 aliphatic heterocycles. The lowest BCUT2D eigenvalue weighted by molar-refractivity contribution is -0.145. The summed E-state index contributed by atoms with van der Waals surface area (Å²) in [6.07, 6.45) is 5.70. The number of likely N-dealkylation sites (tertiary alicyclic amines) is 1. The van der Waals surface area contributed by atoms with Crippen molar-refractivity contribution in [3.05, 3.63) is 0 Å². The van der Waals surface area contributed by atoms with Gasteiger partial charge in [-0.15, -0.1) is 0 Å². The van der Waals surface area contributed by atoms with Gasteiger partial charge in [0.1, 0.15) is 6.61 Å². The van der Waals surface area contributed by atoms with Crippen molar-refractivity contribution in [3.63, 3.8) is 0 Å². The molecule has 2 rings (SSSR count). The first-order valence-corrected chi connectivity index (χ1v) is 7.45. The van der Waals surface area contributed by atoms with Gasteiger partial charge in [0.2, 0.25) is 0 Å². The Balaban J connectivity index is 1.73. The zero-order valence-electron chi connectivity index (χ0n) is 12.1. The topological polar surface area (TPSA) is 78.9 Å². The zero-order valence-corrected chi connectivity index (χ0v) is 12.1. The van der Waals surface area contributed by atoms with Gasteiger partial charge in [-0.2, -0.15) is 0 Å². The number of hydrogen-bond acceptors (Lipinski definition) is 3. The molecule has 2 amide bonds. The average Bonchev–Trinajstić information content (AvgIpc) is 2.41. The van der Waals surface area contributed by atoms with Crippen LogP contribution in [-0.4, -0.2) is 53.3 Å². The molecule has 0 unspecified atom stereocenters. The Morgan fingerprint density at radius 3 is 2.45 bits per heavy atom. The van der Waals surface area contributed by atoms with Gasteiger partial charge in [-0.25, -0.2) is 9.59 Å². The lowest BCUT2D eigenvalue weighted by Gasteiger charge is -2.44. The lowest BCUT2D eigenvalue weighted by atomic mass is 9.75. The molecule has 0 spiro atoms. The van der Waals surface area contributed by atoms with Crippen molar-refractivity contribution in [1.82, 2.24) is 10.2 Å². The molecule has 2 fully saturated rings. The third-order valence-electron chi connectivity index (χ3n) is 4.53. The van der Waals surface area contributed by atoms with Crippen molar-refractivity contribution >= 4 is 12.0 Å². The summed E-state index contributed by atoms with van der Waals surface area (Å²) in [5, 5.41) is 11.7. The van der Waals surface area contributed by atoms with Crippen LogP contribution in [0.4, 0.5) is 4.79 Å². The number of urea groups is 1. The van der Waals surface area contributed by atoms with Crippen LogP contribution in [0.25, 0.3) is 0 Å². The molecule has 20 heavy (non-hydrogen) atoms. The predicted octanol–water partition coefficient (Wildman–Crippen LogP) is 1.59. The van der Waals surface area contributed by atoms with E-state index in [0.29, 0.717) is 25.9 Å². The summed E-state index contributed by atoms with van der Waals surface area (Å²) < 4.78 is 5.27. The molecule has 0 aromatic heterocycles. The number of carboxylic acids is 1. The number of amides is 2. The minimum atomic E-state index is -0.944. The van der Waals surface area contributed by atoms with E-state index in [1.165, 1.54) is 6.42 Å². The first-order chi connectivity index (χ1) is 9.54. The fraction of sp³-hybridized carbons (Fsp3) is 0.857. The van der Waals surface area contributed by atoms with E-state index < -0.39 is 5.97 Å². The van der Waals surface area contributed by atoms with E-state index in [1.54, 1.807) is 0 Å². The SMILES string of the molecule is CCC1(NC(=O)N2CCC(OCC(=O)O)CC2)CCC1. The third kappa shape index (κ3) is 3.62. The van der Waals surface area contributed by atoms with Crippen molar-refractivity contribution in [2.75, 3.05) is 19.7 Å². The van der Waals surface area contributed by atoms with Crippen LogP contribution in [-0.2, 0) is 9.53 Å². The number of nitrogens with zero attached hydrogens (tertiary/aromatic N) is 1. The second-order valence-corrected chi connectivity index (χ2v) is 5.81. The summed E-state index contributed by atoms with van der Waals surface area (Å²) in [5.41, 5.74) is 0.0216. The molecule has 2 N–H and O–H groups in total. The molecule has 0 atom stereocenters. The second-order valence-electron chi connectivity index (χ2n) is 5.81. The zero-order chi connectivity index (χ0) is 14.6. The highest BCUT2D eigenvalue weighted by molar-refractivity contribution is 5.75. The van der Waals surface area contributed by atoms with Crippen LogP contribution < -0.4 is 5.32 Å². The van der Waals surface area contributed by atoms with Gasteiger partial charge in [0.15, 0.2) is 0 Å². The number of carbonyl (C=O) groups is 2. The summed E-state index contributed by atoms with van der Waals surface area (Å²) in [4.78, 5) is 24.5. The van der Waals surface area contributed by atoms with Gasteiger partial charge < -0.3 is 20.1 Å². The fourth-order valence-electron chi connectivity index (χ4n) is 2.89. The van der Waals surface area contributed by atoms with Crippen molar-refractivity contribution in [2.45, 2.75) is 57.1 Å². The highest BCUT2D eigenvalue weighted by atomic mass is 16.5. The molecule has 6 heteroatoms. The van der Waals surface area contributed by atoms with Crippen molar-refractivity contribution in [2.24, 2.45) is 0 Å². The predicted molar refractivity (Wildman–Crippen MR) is 73.6 cm³/mol. The highest BCUT2D eigenvalue weighted by Crippen LogP contribution is 2.34. The van der Waals surface area contributed by atoms with Crippen molar-refractivity contribution in [3.8, 4) is 0 Å². The number of hydrogen-bond donors (Lipinski definition) is 2. The maximum Gasteiger partial charge on any atom is 0.329 e. The number of nitrogens with one attached hydrogen (secondary N) is 1. The molecule has 1 aliphatic carbocycles. The van der Waals surface area contributed by atoms with Gasteiger partial charge in [0, 0.05) is 18.6 Å². The Morgan fingerprint density at radius 1 is 1.35 bits per heavy atom. The minimum Gasteiger partial charge on any atom is -0.480 e. The van der Waals surface area contributed by atoms with Crippen LogP contribution in [0.1, 0.15) is 45.4 Å². The van der Waals surface area contributed by atoms with Crippen LogP contribution in [0, 0.1) is 0 Å². The number of ether oxygens (including phenoxy) is 1. The number of rotatable bonds is 5. The second kappa shape index (κ2) is 6.43. The van der Waals surface area contributed by atoms with Gasteiger partial charge >= 0.3 is 12.0 Å². The molecule has 1 saturated heterocycles. The maximum absolute atomic E-state index is 12.2. The molecular weight excluding hydrogens is 260 g/mol. The molecule has 0 radical (unpaired) electrons. The highest BCUT2D eigenvalue weighted by Gasteiger charge is 2.38. The third-order valence-corrected chi connectivity index (χ3v) is 4.53. The quantitative estimate of drug-likeness (QED) is 0.803. The van der Waals surface area contributed by atoms with Gasteiger partial charge in [0.05, 0.1) is 6.10 Å². The fourth-order valence-corrected chi connectivity index (χ4v) is 2.89. The van der Waals surface area contributed by atoms with Crippen LogP contribution in [0.15, 0.2) is 0 Å². The van der Waals surface area contributed by atoms with Gasteiger partial charge in [0.25, 0.3) is 0 Å². The maximum atomic E-state index is 12.2. The largest absolute Gasteiger partial charge is 0.480 e. The van der Waals surface area contributed by atoms with Crippen LogP contribution in [0.2, 0.25) is 0 Å². The number of carboxylic acid groups (broad SMARTS) is 1. The van der Waals surface area contributed by atoms with E-state index >= 15 is 0 Å². The smallest absolute Gasteiger partial charge is 0.329 e. The summed E-state index contributed by atoms with van der Waals surface area (Å²) in [6, 6.07) is 0.0169. The van der Waals surface area contributed by atoms with E-state index in [2.05, 4.69) is 12.2 Å². The molecule has 0 aromatic carbocycles. The van der Waals surface area contributed by atoms with Crippen LogP contribution in [0.5, 0.6) is 0 Å². The van der Waals surface area contributed by atoms with E-state index in [9.17, 15) is 9.59 Å². The van der Waals surface area contributed by atoms with E-state index in [0.717, 1.165) is 19.3 Å². The molecule has 114 valence electrons. The number of piperidine rings is 1. The summed E-state index contributed by atoms with van der Waals surface area (Å²) in [6.45, 7) is 3.13. The standard InChI is InChI=1S/C14H24N2O4/c1-2-14(6-3-7-14)15-13(19)16-8-4-11(5-9-16)20-10-12(17)18/h11H,2-10H2,1H3,(H,15,19)(H,17,18). The van der Waals surface area contributed by atoms with Gasteiger partial charge in [-0.05, 0) is 38.5 Å². The Hall–Kier alpha value is -1.30. The monoisotopic (exact) mass is 284 g/mol.